The van der Waals surface area contributed by atoms with E-state index in [0.717, 1.165) is 12.8 Å². The predicted octanol–water partition coefficient (Wildman–Crippen LogP) is 2.81. The van der Waals surface area contributed by atoms with Gasteiger partial charge in [0.1, 0.15) is 6.07 Å². The molecule has 0 aromatic heterocycles. The molecule has 106 valence electrons. The van der Waals surface area contributed by atoms with Gasteiger partial charge in [-0.2, -0.15) is 5.26 Å². The number of nitrogens with one attached hydrogen (secondary N) is 2. The van der Waals surface area contributed by atoms with E-state index in [1.54, 1.807) is 6.07 Å². The molecular weight excluding hydrogens is 250 g/mol. The summed E-state index contributed by atoms with van der Waals surface area (Å²) in [4.78, 5) is 11.9. The van der Waals surface area contributed by atoms with Crippen LogP contribution in [0.5, 0.6) is 0 Å². The standard InChI is InChI=1S/C16H21N3O/c17-11-13-7-5-6-10-15(13)18-12-16(20)19-14-8-3-1-2-4-9-14/h5-7,10,14,18H,1-4,8-9,12H2,(H,19,20). The third kappa shape index (κ3) is 4.27. The largest absolute Gasteiger partial charge is 0.375 e. The van der Waals surface area contributed by atoms with Gasteiger partial charge >= 0.3 is 0 Å². The minimum atomic E-state index is 0.00430. The van der Waals surface area contributed by atoms with Crippen molar-refractivity contribution in [2.45, 2.75) is 44.6 Å². The highest BCUT2D eigenvalue weighted by Gasteiger charge is 2.14. The van der Waals surface area contributed by atoms with Gasteiger partial charge in [0, 0.05) is 6.04 Å². The molecule has 1 aromatic carbocycles. The van der Waals surface area contributed by atoms with Gasteiger partial charge in [-0.1, -0.05) is 37.8 Å². The van der Waals surface area contributed by atoms with Gasteiger partial charge in [0.15, 0.2) is 0 Å². The van der Waals surface area contributed by atoms with Crippen molar-refractivity contribution < 1.29 is 4.79 Å². The lowest BCUT2D eigenvalue weighted by molar-refractivity contribution is -0.120. The fraction of sp³-hybridized carbons (Fsp3) is 0.500. The molecule has 0 atom stereocenters. The fourth-order valence-electron chi connectivity index (χ4n) is 2.61. The lowest BCUT2D eigenvalue weighted by atomic mass is 10.1. The molecule has 1 aliphatic carbocycles. The third-order valence-corrected chi connectivity index (χ3v) is 3.71. The summed E-state index contributed by atoms with van der Waals surface area (Å²) < 4.78 is 0. The Hall–Kier alpha value is -2.02. The predicted molar refractivity (Wildman–Crippen MR) is 79.3 cm³/mol. The van der Waals surface area contributed by atoms with Crippen LogP contribution in [0, 0.1) is 11.3 Å². The monoisotopic (exact) mass is 271 g/mol. The summed E-state index contributed by atoms with van der Waals surface area (Å²) in [5, 5.41) is 15.1. The summed E-state index contributed by atoms with van der Waals surface area (Å²) in [6.45, 7) is 0.217. The van der Waals surface area contributed by atoms with Gasteiger partial charge in [0.2, 0.25) is 5.91 Å². The Kier molecular flexibility index (Phi) is 5.43. The topological polar surface area (TPSA) is 64.9 Å². The second-order valence-corrected chi connectivity index (χ2v) is 5.27. The van der Waals surface area contributed by atoms with E-state index >= 15 is 0 Å². The average molecular weight is 271 g/mol. The molecule has 1 aliphatic rings. The summed E-state index contributed by atoms with van der Waals surface area (Å²) in [6, 6.07) is 9.66. The average Bonchev–Trinajstić information content (AvgIpc) is 2.74. The van der Waals surface area contributed by atoms with Crippen LogP contribution in [0.2, 0.25) is 0 Å². The number of carbonyl (C=O) groups excluding carboxylic acids is 1. The number of nitrogens with zero attached hydrogens (tertiary/aromatic N) is 1. The Labute approximate surface area is 120 Å². The second kappa shape index (κ2) is 7.54. The van der Waals surface area contributed by atoms with Gasteiger partial charge in [0.05, 0.1) is 17.8 Å². The van der Waals surface area contributed by atoms with E-state index in [-0.39, 0.29) is 12.5 Å². The number of para-hydroxylation sites is 1. The molecule has 0 bridgehead atoms. The first-order valence-electron chi connectivity index (χ1n) is 7.32. The first kappa shape index (κ1) is 14.4. The molecule has 1 saturated carbocycles. The summed E-state index contributed by atoms with van der Waals surface area (Å²) in [5.74, 6) is 0.00430. The first-order valence-corrected chi connectivity index (χ1v) is 7.32. The van der Waals surface area contributed by atoms with Crippen molar-refractivity contribution in [3.05, 3.63) is 29.8 Å². The molecule has 0 heterocycles. The molecule has 1 amide bonds. The zero-order valence-corrected chi connectivity index (χ0v) is 11.7. The van der Waals surface area contributed by atoms with Crippen molar-refractivity contribution in [3.63, 3.8) is 0 Å². The zero-order chi connectivity index (χ0) is 14.2. The summed E-state index contributed by atoms with van der Waals surface area (Å²) in [6.07, 6.45) is 7.13. The molecule has 0 spiro atoms. The van der Waals surface area contributed by atoms with Crippen LogP contribution in [0.25, 0.3) is 0 Å². The molecule has 0 aliphatic heterocycles. The van der Waals surface area contributed by atoms with E-state index in [4.69, 9.17) is 5.26 Å². The number of rotatable bonds is 4. The molecule has 1 aromatic rings. The van der Waals surface area contributed by atoms with Crippen LogP contribution in [0.4, 0.5) is 5.69 Å². The fourth-order valence-corrected chi connectivity index (χ4v) is 2.61. The van der Waals surface area contributed by atoms with Crippen LogP contribution in [0.3, 0.4) is 0 Å². The molecule has 2 rings (SSSR count). The Balaban J connectivity index is 1.81. The summed E-state index contributed by atoms with van der Waals surface area (Å²) in [5.41, 5.74) is 1.28. The van der Waals surface area contributed by atoms with Crippen LogP contribution >= 0.6 is 0 Å². The van der Waals surface area contributed by atoms with Gasteiger partial charge in [-0.25, -0.2) is 0 Å². The van der Waals surface area contributed by atoms with Crippen LogP contribution in [0.15, 0.2) is 24.3 Å². The molecule has 0 radical (unpaired) electrons. The van der Waals surface area contributed by atoms with Crippen LogP contribution < -0.4 is 10.6 Å². The molecule has 20 heavy (non-hydrogen) atoms. The Bertz CT molecular complexity index is 485. The van der Waals surface area contributed by atoms with Crippen molar-refractivity contribution in [1.29, 1.82) is 5.26 Å². The maximum absolute atomic E-state index is 11.9. The maximum atomic E-state index is 11.9. The Morgan fingerprint density at radius 1 is 1.20 bits per heavy atom. The smallest absolute Gasteiger partial charge is 0.239 e. The number of hydrogen-bond donors (Lipinski definition) is 2. The summed E-state index contributed by atoms with van der Waals surface area (Å²) in [7, 11) is 0. The van der Waals surface area contributed by atoms with Crippen LogP contribution in [0.1, 0.15) is 44.1 Å². The van der Waals surface area contributed by atoms with E-state index < -0.39 is 0 Å². The van der Waals surface area contributed by atoms with Gasteiger partial charge in [0.25, 0.3) is 0 Å². The van der Waals surface area contributed by atoms with Gasteiger partial charge in [-0.15, -0.1) is 0 Å². The SMILES string of the molecule is N#Cc1ccccc1NCC(=O)NC1CCCCCC1. The number of amides is 1. The highest BCUT2D eigenvalue weighted by Crippen LogP contribution is 2.17. The third-order valence-electron chi connectivity index (χ3n) is 3.71. The van der Waals surface area contributed by atoms with Crippen molar-refractivity contribution in [3.8, 4) is 6.07 Å². The maximum Gasteiger partial charge on any atom is 0.239 e. The molecular formula is C16H21N3O. The normalized spacial score (nSPS) is 15.9. The summed E-state index contributed by atoms with van der Waals surface area (Å²) >= 11 is 0. The number of anilines is 1. The lowest BCUT2D eigenvalue weighted by Crippen LogP contribution is -2.38. The molecule has 4 nitrogen and oxygen atoms in total. The van der Waals surface area contributed by atoms with Crippen LogP contribution in [-0.4, -0.2) is 18.5 Å². The highest BCUT2D eigenvalue weighted by atomic mass is 16.1. The number of carbonyl (C=O) groups is 1. The quantitative estimate of drug-likeness (QED) is 0.828. The molecule has 4 heteroatoms. The van der Waals surface area contributed by atoms with E-state index in [9.17, 15) is 4.79 Å². The van der Waals surface area contributed by atoms with Crippen molar-refractivity contribution in [1.82, 2.24) is 5.32 Å². The lowest BCUT2D eigenvalue weighted by Gasteiger charge is -2.16. The molecule has 0 unspecified atom stereocenters. The number of benzene rings is 1. The minimum Gasteiger partial charge on any atom is -0.375 e. The van der Waals surface area contributed by atoms with E-state index in [1.165, 1.54) is 25.7 Å². The molecule has 2 N–H and O–H groups in total. The van der Waals surface area contributed by atoms with Crippen molar-refractivity contribution in [2.75, 3.05) is 11.9 Å². The Morgan fingerprint density at radius 3 is 2.60 bits per heavy atom. The second-order valence-electron chi connectivity index (χ2n) is 5.27. The van der Waals surface area contributed by atoms with Gasteiger partial charge < -0.3 is 10.6 Å². The minimum absolute atomic E-state index is 0.00430. The molecule has 1 fully saturated rings. The molecule has 0 saturated heterocycles. The van der Waals surface area contributed by atoms with Crippen LogP contribution in [-0.2, 0) is 4.79 Å². The van der Waals surface area contributed by atoms with Crippen molar-refractivity contribution in [2.24, 2.45) is 0 Å². The number of nitriles is 1. The van der Waals surface area contributed by atoms with E-state index in [0.29, 0.717) is 17.3 Å². The first-order chi connectivity index (χ1) is 9.79. The van der Waals surface area contributed by atoms with Crippen molar-refractivity contribution >= 4 is 11.6 Å². The van der Waals surface area contributed by atoms with E-state index in [1.807, 2.05) is 18.2 Å². The zero-order valence-electron chi connectivity index (χ0n) is 11.7. The Morgan fingerprint density at radius 2 is 1.90 bits per heavy atom. The van der Waals surface area contributed by atoms with Gasteiger partial charge in [-0.3, -0.25) is 4.79 Å². The van der Waals surface area contributed by atoms with Gasteiger partial charge in [-0.05, 0) is 25.0 Å². The number of hydrogen-bond acceptors (Lipinski definition) is 3. The van der Waals surface area contributed by atoms with E-state index in [2.05, 4.69) is 16.7 Å². The highest BCUT2D eigenvalue weighted by molar-refractivity contribution is 5.81.